The maximum Gasteiger partial charge on any atom is 0.323 e. The monoisotopic (exact) mass is 418 g/mol. The van der Waals surface area contributed by atoms with Crippen LogP contribution in [0, 0.1) is 0 Å². The topological polar surface area (TPSA) is 41.6 Å². The third-order valence-electron chi connectivity index (χ3n) is 5.13. The van der Waals surface area contributed by atoms with Crippen LogP contribution in [0.2, 0.25) is 0 Å². The van der Waals surface area contributed by atoms with Gasteiger partial charge in [0.1, 0.15) is 17.7 Å². The summed E-state index contributed by atoms with van der Waals surface area (Å²) in [4.78, 5) is 14.9. The first-order valence-electron chi connectivity index (χ1n) is 10.3. The zero-order valence-corrected chi connectivity index (χ0v) is 17.9. The molecular formula is C25H26N2O2S. The Bertz CT molecular complexity index is 993. The summed E-state index contributed by atoms with van der Waals surface area (Å²) in [6.45, 7) is 3.37. The fourth-order valence-corrected chi connectivity index (χ4v) is 4.76. The molecule has 0 saturated carbocycles. The predicted octanol–water partition coefficient (Wildman–Crippen LogP) is 6.11. The fourth-order valence-electron chi connectivity index (χ4n) is 3.52. The second-order valence-corrected chi connectivity index (χ2v) is 8.44. The first-order chi connectivity index (χ1) is 14.7. The molecule has 0 radical (unpaired) electrons. The summed E-state index contributed by atoms with van der Waals surface area (Å²) in [5, 5.41) is 3.05. The minimum atomic E-state index is -0.0612. The fraction of sp³-hybridized carbons (Fsp3) is 0.240. The van der Waals surface area contributed by atoms with E-state index in [0.29, 0.717) is 6.61 Å². The third kappa shape index (κ3) is 4.97. The Morgan fingerprint density at radius 1 is 1.03 bits per heavy atom. The molecule has 4 rings (SSSR count). The number of urea groups is 1. The molecule has 1 fully saturated rings. The van der Waals surface area contributed by atoms with Gasteiger partial charge in [0.2, 0.25) is 0 Å². The lowest BCUT2D eigenvalue weighted by molar-refractivity contribution is 0.214. The standard InChI is InChI=1S/C25H26N2O2S/c1-2-19-10-6-12-22(16-19)26-25(28)27-14-15-30-24(27)21-11-7-13-23(17-21)29-18-20-8-4-3-5-9-20/h3-13,16-17,24H,2,14-15,18H2,1H3,(H,26,28)/t24-/m1/s1. The number of nitrogens with zero attached hydrogens (tertiary/aromatic N) is 1. The van der Waals surface area contributed by atoms with Crippen LogP contribution in [0.4, 0.5) is 10.5 Å². The number of aryl methyl sites for hydroxylation is 1. The molecule has 2 amide bonds. The van der Waals surface area contributed by atoms with E-state index in [9.17, 15) is 4.79 Å². The van der Waals surface area contributed by atoms with Crippen molar-refractivity contribution in [2.45, 2.75) is 25.3 Å². The maximum atomic E-state index is 13.0. The van der Waals surface area contributed by atoms with Crippen LogP contribution in [0.3, 0.4) is 0 Å². The van der Waals surface area contributed by atoms with Gasteiger partial charge in [-0.25, -0.2) is 4.79 Å². The zero-order chi connectivity index (χ0) is 20.8. The highest BCUT2D eigenvalue weighted by Crippen LogP contribution is 2.39. The molecule has 3 aromatic rings. The Kier molecular flexibility index (Phi) is 6.60. The number of hydrogen-bond acceptors (Lipinski definition) is 3. The minimum Gasteiger partial charge on any atom is -0.489 e. The van der Waals surface area contributed by atoms with E-state index in [1.54, 1.807) is 11.8 Å². The molecule has 3 aromatic carbocycles. The highest BCUT2D eigenvalue weighted by Gasteiger charge is 2.31. The van der Waals surface area contributed by atoms with Gasteiger partial charge in [0, 0.05) is 18.0 Å². The largest absolute Gasteiger partial charge is 0.489 e. The van der Waals surface area contributed by atoms with E-state index in [4.69, 9.17) is 4.74 Å². The van der Waals surface area contributed by atoms with E-state index in [1.165, 1.54) is 5.56 Å². The number of amides is 2. The number of anilines is 1. The van der Waals surface area contributed by atoms with E-state index < -0.39 is 0 Å². The van der Waals surface area contributed by atoms with Crippen molar-refractivity contribution >= 4 is 23.5 Å². The SMILES string of the molecule is CCc1cccc(NC(=O)N2CCS[C@@H]2c2cccc(OCc3ccccc3)c2)c1. The Morgan fingerprint density at radius 2 is 1.83 bits per heavy atom. The molecule has 1 saturated heterocycles. The summed E-state index contributed by atoms with van der Waals surface area (Å²) in [6, 6.07) is 26.2. The maximum absolute atomic E-state index is 13.0. The van der Waals surface area contributed by atoms with Gasteiger partial charge in [-0.2, -0.15) is 0 Å². The van der Waals surface area contributed by atoms with Crippen molar-refractivity contribution in [3.05, 3.63) is 95.6 Å². The Balaban J connectivity index is 1.44. The smallest absolute Gasteiger partial charge is 0.323 e. The predicted molar refractivity (Wildman–Crippen MR) is 124 cm³/mol. The summed E-state index contributed by atoms with van der Waals surface area (Å²) in [7, 11) is 0. The number of carbonyl (C=O) groups is 1. The van der Waals surface area contributed by atoms with Gasteiger partial charge < -0.3 is 15.0 Å². The van der Waals surface area contributed by atoms with Gasteiger partial charge in [-0.1, -0.05) is 61.5 Å². The second-order valence-electron chi connectivity index (χ2n) is 7.25. The van der Waals surface area contributed by atoms with Crippen LogP contribution < -0.4 is 10.1 Å². The number of thioether (sulfide) groups is 1. The molecule has 0 aromatic heterocycles. The Labute approximate surface area is 182 Å². The second kappa shape index (κ2) is 9.72. The van der Waals surface area contributed by atoms with Crippen LogP contribution >= 0.6 is 11.8 Å². The van der Waals surface area contributed by atoms with Gasteiger partial charge in [0.05, 0.1) is 0 Å². The summed E-state index contributed by atoms with van der Waals surface area (Å²) >= 11 is 1.78. The molecule has 30 heavy (non-hydrogen) atoms. The number of carbonyl (C=O) groups excluding carboxylic acids is 1. The zero-order valence-electron chi connectivity index (χ0n) is 17.1. The number of nitrogens with one attached hydrogen (secondary N) is 1. The van der Waals surface area contributed by atoms with Crippen LogP contribution in [-0.4, -0.2) is 23.2 Å². The molecule has 1 heterocycles. The van der Waals surface area contributed by atoms with Crippen molar-refractivity contribution in [1.29, 1.82) is 0 Å². The molecule has 1 N–H and O–H groups in total. The molecule has 1 atom stereocenters. The number of rotatable bonds is 6. The van der Waals surface area contributed by atoms with Gasteiger partial charge in [0.25, 0.3) is 0 Å². The van der Waals surface area contributed by atoms with Gasteiger partial charge in [-0.05, 0) is 47.4 Å². The molecule has 1 aliphatic heterocycles. The number of ether oxygens (including phenoxy) is 1. The van der Waals surface area contributed by atoms with Crippen molar-refractivity contribution in [1.82, 2.24) is 4.90 Å². The summed E-state index contributed by atoms with van der Waals surface area (Å²) < 4.78 is 5.98. The van der Waals surface area contributed by atoms with Crippen molar-refractivity contribution in [3.8, 4) is 5.75 Å². The Hall–Kier alpha value is -2.92. The van der Waals surface area contributed by atoms with Crippen LogP contribution in [-0.2, 0) is 13.0 Å². The van der Waals surface area contributed by atoms with E-state index in [0.717, 1.165) is 41.3 Å². The normalized spacial score (nSPS) is 15.8. The average Bonchev–Trinajstić information content (AvgIpc) is 3.29. The molecule has 4 nitrogen and oxygen atoms in total. The van der Waals surface area contributed by atoms with Crippen LogP contribution in [0.15, 0.2) is 78.9 Å². The first-order valence-corrected chi connectivity index (χ1v) is 11.3. The van der Waals surface area contributed by atoms with Crippen molar-refractivity contribution in [3.63, 3.8) is 0 Å². The van der Waals surface area contributed by atoms with Crippen molar-refractivity contribution < 1.29 is 9.53 Å². The van der Waals surface area contributed by atoms with E-state index in [1.807, 2.05) is 59.5 Å². The van der Waals surface area contributed by atoms with Crippen LogP contribution in [0.1, 0.15) is 29.0 Å². The summed E-state index contributed by atoms with van der Waals surface area (Å²) in [6.07, 6.45) is 0.946. The van der Waals surface area contributed by atoms with Gasteiger partial charge >= 0.3 is 6.03 Å². The molecule has 1 aliphatic rings. The van der Waals surface area contributed by atoms with E-state index in [2.05, 4.69) is 36.5 Å². The molecule has 0 aliphatic carbocycles. The summed E-state index contributed by atoms with van der Waals surface area (Å²) in [5.41, 5.74) is 4.27. The lowest BCUT2D eigenvalue weighted by Gasteiger charge is -2.25. The highest BCUT2D eigenvalue weighted by atomic mass is 32.2. The number of hydrogen-bond donors (Lipinski definition) is 1. The van der Waals surface area contributed by atoms with Gasteiger partial charge in [-0.3, -0.25) is 0 Å². The number of benzene rings is 3. The molecule has 0 unspecified atom stereocenters. The van der Waals surface area contributed by atoms with Crippen LogP contribution in [0.25, 0.3) is 0 Å². The van der Waals surface area contributed by atoms with Crippen molar-refractivity contribution in [2.75, 3.05) is 17.6 Å². The molecule has 0 spiro atoms. The first kappa shape index (κ1) is 20.4. The average molecular weight is 419 g/mol. The molecular weight excluding hydrogens is 392 g/mol. The molecule has 5 heteroatoms. The Morgan fingerprint density at radius 3 is 2.67 bits per heavy atom. The van der Waals surface area contributed by atoms with Crippen LogP contribution in [0.5, 0.6) is 5.75 Å². The highest BCUT2D eigenvalue weighted by molar-refractivity contribution is 7.99. The summed E-state index contributed by atoms with van der Waals surface area (Å²) in [5.74, 6) is 1.74. The van der Waals surface area contributed by atoms with E-state index >= 15 is 0 Å². The van der Waals surface area contributed by atoms with E-state index in [-0.39, 0.29) is 11.4 Å². The van der Waals surface area contributed by atoms with Gasteiger partial charge in [-0.15, -0.1) is 11.8 Å². The van der Waals surface area contributed by atoms with Gasteiger partial charge in [0.15, 0.2) is 0 Å². The lowest BCUT2D eigenvalue weighted by atomic mass is 10.1. The lowest BCUT2D eigenvalue weighted by Crippen LogP contribution is -2.34. The third-order valence-corrected chi connectivity index (χ3v) is 6.39. The van der Waals surface area contributed by atoms with Crippen molar-refractivity contribution in [2.24, 2.45) is 0 Å². The molecule has 154 valence electrons. The molecule has 0 bridgehead atoms. The minimum absolute atomic E-state index is 0.0142. The quantitative estimate of drug-likeness (QED) is 0.525.